The molecule has 0 amide bonds. The second-order valence-corrected chi connectivity index (χ2v) is 8.28. The van der Waals surface area contributed by atoms with Crippen LogP contribution >= 0.6 is 0 Å². The molecule has 3 rings (SSSR count). The minimum atomic E-state index is 0.108. The van der Waals surface area contributed by atoms with Crippen LogP contribution in [-0.4, -0.2) is 23.4 Å². The lowest BCUT2D eigenvalue weighted by Crippen LogP contribution is -2.16. The van der Waals surface area contributed by atoms with E-state index < -0.39 is 0 Å². The van der Waals surface area contributed by atoms with Crippen molar-refractivity contribution in [2.75, 3.05) is 0 Å². The van der Waals surface area contributed by atoms with Crippen LogP contribution in [0.15, 0.2) is 23.8 Å². The Morgan fingerprint density at radius 3 is 2.32 bits per heavy atom. The molecule has 2 saturated heterocycles. The molecular formula is C20H32O2. The van der Waals surface area contributed by atoms with Crippen LogP contribution in [0, 0.1) is 5.92 Å². The van der Waals surface area contributed by atoms with Gasteiger partial charge in [-0.2, -0.15) is 0 Å². The van der Waals surface area contributed by atoms with E-state index >= 15 is 0 Å². The largest absolute Gasteiger partial charge is 0.366 e. The fraction of sp³-hybridized carbons (Fsp3) is 0.800. The van der Waals surface area contributed by atoms with Crippen LogP contribution in [0.25, 0.3) is 0 Å². The van der Waals surface area contributed by atoms with Gasteiger partial charge in [-0.25, -0.2) is 0 Å². The second-order valence-electron chi connectivity index (χ2n) is 8.28. The first-order valence-corrected chi connectivity index (χ1v) is 8.99. The Morgan fingerprint density at radius 2 is 1.68 bits per heavy atom. The molecule has 0 bridgehead atoms. The zero-order valence-electron chi connectivity index (χ0n) is 14.8. The third kappa shape index (κ3) is 3.49. The van der Waals surface area contributed by atoms with Crippen molar-refractivity contribution < 1.29 is 9.47 Å². The topological polar surface area (TPSA) is 25.1 Å². The van der Waals surface area contributed by atoms with Gasteiger partial charge in [0.2, 0.25) is 0 Å². The number of epoxide rings is 2. The Balaban J connectivity index is 1.68. The molecule has 2 nitrogen and oxygen atoms in total. The van der Waals surface area contributed by atoms with Gasteiger partial charge in [-0.15, -0.1) is 0 Å². The summed E-state index contributed by atoms with van der Waals surface area (Å²) in [6.07, 6.45) is 11.4. The van der Waals surface area contributed by atoms with Crippen molar-refractivity contribution >= 4 is 0 Å². The first-order chi connectivity index (χ1) is 10.3. The van der Waals surface area contributed by atoms with Crippen molar-refractivity contribution in [1.82, 2.24) is 0 Å². The van der Waals surface area contributed by atoms with E-state index in [9.17, 15) is 0 Å². The fourth-order valence-corrected chi connectivity index (χ4v) is 4.00. The zero-order chi connectivity index (χ0) is 16.0. The number of fused-ring (bicyclic) bond motifs is 2. The van der Waals surface area contributed by atoms with Crippen molar-refractivity contribution in [2.24, 2.45) is 5.92 Å². The third-order valence-electron chi connectivity index (χ3n) is 6.21. The average molecular weight is 304 g/mol. The Morgan fingerprint density at radius 1 is 1.09 bits per heavy atom. The van der Waals surface area contributed by atoms with Gasteiger partial charge in [-0.05, 0) is 78.6 Å². The number of ether oxygens (including phenoxy) is 2. The van der Waals surface area contributed by atoms with E-state index in [1.54, 1.807) is 0 Å². The molecule has 2 aliphatic heterocycles. The van der Waals surface area contributed by atoms with Crippen molar-refractivity contribution in [3.8, 4) is 0 Å². The highest BCUT2D eigenvalue weighted by Crippen LogP contribution is 2.49. The number of hydrogen-bond acceptors (Lipinski definition) is 2. The summed E-state index contributed by atoms with van der Waals surface area (Å²) in [7, 11) is 0. The first kappa shape index (κ1) is 16.3. The van der Waals surface area contributed by atoms with Gasteiger partial charge in [0.05, 0.1) is 23.4 Å². The molecule has 0 radical (unpaired) electrons. The van der Waals surface area contributed by atoms with Crippen LogP contribution in [-0.2, 0) is 9.47 Å². The van der Waals surface area contributed by atoms with E-state index in [1.807, 2.05) is 0 Å². The summed E-state index contributed by atoms with van der Waals surface area (Å²) >= 11 is 0. The monoisotopic (exact) mass is 304 g/mol. The molecular weight excluding hydrogens is 272 g/mol. The van der Waals surface area contributed by atoms with Gasteiger partial charge in [-0.1, -0.05) is 23.8 Å². The molecule has 0 aromatic rings. The zero-order valence-corrected chi connectivity index (χ0v) is 14.8. The molecule has 0 saturated carbocycles. The minimum absolute atomic E-state index is 0.108. The first-order valence-electron chi connectivity index (χ1n) is 8.99. The quantitative estimate of drug-likeness (QED) is 0.492. The van der Waals surface area contributed by atoms with Crippen LogP contribution in [0.4, 0.5) is 0 Å². The van der Waals surface area contributed by atoms with Gasteiger partial charge >= 0.3 is 0 Å². The van der Waals surface area contributed by atoms with Gasteiger partial charge in [0.25, 0.3) is 0 Å². The molecule has 2 heterocycles. The Hall–Kier alpha value is -0.600. The second kappa shape index (κ2) is 5.79. The molecule has 0 unspecified atom stereocenters. The number of rotatable bonds is 1. The maximum Gasteiger partial charge on any atom is 0.0921 e. The molecule has 0 aromatic carbocycles. The Kier molecular flexibility index (Phi) is 4.28. The normalized spacial score (nSPS) is 48.2. The van der Waals surface area contributed by atoms with Crippen molar-refractivity contribution in [3.05, 3.63) is 23.8 Å². The minimum Gasteiger partial charge on any atom is -0.366 e. The number of allylic oxidation sites excluding steroid dienone is 3. The van der Waals surface area contributed by atoms with E-state index in [4.69, 9.17) is 9.47 Å². The van der Waals surface area contributed by atoms with E-state index in [2.05, 4.69) is 40.3 Å². The standard InChI is InChI=1S/C20H32O2/c1-14(2)16-8-6-15(3)7-9-17-20(5,21-17)13-11-18-19(4,22-18)12-10-16/h6,16-18H,1,7-13H2,2-5H3/b15-6+/t16-,17+,18+,19+,20+/m0/s1. The highest BCUT2D eigenvalue weighted by Gasteiger charge is 2.56. The van der Waals surface area contributed by atoms with E-state index in [1.165, 1.54) is 30.4 Å². The summed E-state index contributed by atoms with van der Waals surface area (Å²) in [5, 5.41) is 0. The van der Waals surface area contributed by atoms with Crippen molar-refractivity contribution in [1.29, 1.82) is 0 Å². The van der Waals surface area contributed by atoms with E-state index in [-0.39, 0.29) is 11.2 Å². The smallest absolute Gasteiger partial charge is 0.0921 e. The summed E-state index contributed by atoms with van der Waals surface area (Å²) in [6, 6.07) is 0. The van der Waals surface area contributed by atoms with Crippen LogP contribution < -0.4 is 0 Å². The van der Waals surface area contributed by atoms with Crippen LogP contribution in [0.2, 0.25) is 0 Å². The van der Waals surface area contributed by atoms with Crippen LogP contribution in [0.3, 0.4) is 0 Å². The fourth-order valence-electron chi connectivity index (χ4n) is 4.00. The highest BCUT2D eigenvalue weighted by molar-refractivity contribution is 5.10. The lowest BCUT2D eigenvalue weighted by Gasteiger charge is -2.18. The van der Waals surface area contributed by atoms with E-state index in [0.717, 1.165) is 25.7 Å². The maximum atomic E-state index is 6.04. The number of hydrogen-bond donors (Lipinski definition) is 0. The predicted octanol–water partition coefficient (Wildman–Crippen LogP) is 5.18. The van der Waals surface area contributed by atoms with Gasteiger partial charge < -0.3 is 9.47 Å². The van der Waals surface area contributed by atoms with Crippen LogP contribution in [0.1, 0.15) is 72.6 Å². The predicted molar refractivity (Wildman–Crippen MR) is 90.9 cm³/mol. The molecule has 22 heavy (non-hydrogen) atoms. The van der Waals surface area contributed by atoms with Crippen molar-refractivity contribution in [3.63, 3.8) is 0 Å². The molecule has 5 atom stereocenters. The molecule has 3 aliphatic rings. The third-order valence-corrected chi connectivity index (χ3v) is 6.21. The molecule has 0 N–H and O–H groups in total. The summed E-state index contributed by atoms with van der Waals surface area (Å²) in [5.74, 6) is 0.599. The Bertz CT molecular complexity index is 480. The molecule has 124 valence electrons. The van der Waals surface area contributed by atoms with Gasteiger partial charge in [-0.3, -0.25) is 0 Å². The average Bonchev–Trinajstić information content (AvgIpc) is 3.30. The van der Waals surface area contributed by atoms with Crippen molar-refractivity contribution in [2.45, 2.75) is 96.1 Å². The Labute approximate surface area is 136 Å². The maximum absolute atomic E-state index is 6.04. The summed E-state index contributed by atoms with van der Waals surface area (Å²) in [6.45, 7) is 13.2. The summed E-state index contributed by atoms with van der Waals surface area (Å²) in [4.78, 5) is 0. The van der Waals surface area contributed by atoms with Gasteiger partial charge in [0, 0.05) is 0 Å². The lowest BCUT2D eigenvalue weighted by molar-refractivity contribution is 0.265. The highest BCUT2D eigenvalue weighted by atomic mass is 16.6. The lowest BCUT2D eigenvalue weighted by atomic mass is 9.86. The summed E-state index contributed by atoms with van der Waals surface area (Å²) in [5.41, 5.74) is 3.05. The molecule has 2 heteroatoms. The molecule has 0 aromatic heterocycles. The van der Waals surface area contributed by atoms with Crippen LogP contribution in [0.5, 0.6) is 0 Å². The molecule has 2 fully saturated rings. The molecule has 1 aliphatic carbocycles. The SMILES string of the molecule is C=C(C)[C@H]1C/C=C(\C)CC[C@H]2O[C@]2(C)CC[C@H]2O[C@]2(C)CC1. The molecule has 0 spiro atoms. The summed E-state index contributed by atoms with van der Waals surface area (Å²) < 4.78 is 12.0. The van der Waals surface area contributed by atoms with Gasteiger partial charge in [0.15, 0.2) is 0 Å². The van der Waals surface area contributed by atoms with E-state index in [0.29, 0.717) is 18.1 Å². The van der Waals surface area contributed by atoms with Gasteiger partial charge in [0.1, 0.15) is 0 Å².